The molecule has 1 atom stereocenters. The van der Waals surface area contributed by atoms with Gasteiger partial charge in [0.25, 0.3) is 5.91 Å². The van der Waals surface area contributed by atoms with Crippen molar-refractivity contribution in [3.05, 3.63) is 46.6 Å². The Morgan fingerprint density at radius 3 is 2.56 bits per heavy atom. The lowest BCUT2D eigenvalue weighted by Gasteiger charge is -2.14. The molecule has 0 aliphatic rings. The van der Waals surface area contributed by atoms with Crippen LogP contribution >= 0.6 is 11.6 Å². The number of nitrogens with two attached hydrogens (primary N) is 2. The van der Waals surface area contributed by atoms with Crippen LogP contribution in [-0.2, 0) is 16.1 Å². The van der Waals surface area contributed by atoms with Crippen LogP contribution in [0.25, 0.3) is 11.0 Å². The molecule has 1 unspecified atom stereocenters. The lowest BCUT2D eigenvalue weighted by atomic mass is 10.1. The Hall–Kier alpha value is -4.19. The number of carboxylic acids is 2. The molecular formula is C19H18ClN7O5. The van der Waals surface area contributed by atoms with E-state index in [-0.39, 0.29) is 22.4 Å². The average molecular weight is 460 g/mol. The van der Waals surface area contributed by atoms with Gasteiger partial charge in [0.05, 0.1) is 22.4 Å². The van der Waals surface area contributed by atoms with Gasteiger partial charge in [0.15, 0.2) is 5.65 Å². The maximum atomic E-state index is 12.5. The van der Waals surface area contributed by atoms with Crippen LogP contribution in [0.15, 0.2) is 30.5 Å². The number of carbonyl (C=O) groups is 3. The summed E-state index contributed by atoms with van der Waals surface area (Å²) in [6, 6.07) is 4.65. The largest absolute Gasteiger partial charge is 0.481 e. The molecule has 0 fully saturated rings. The van der Waals surface area contributed by atoms with Gasteiger partial charge in [-0.15, -0.1) is 0 Å². The van der Waals surface area contributed by atoms with Gasteiger partial charge in [0, 0.05) is 18.4 Å². The van der Waals surface area contributed by atoms with Crippen LogP contribution in [-0.4, -0.2) is 49.1 Å². The molecule has 0 spiro atoms. The Labute approximate surface area is 185 Å². The van der Waals surface area contributed by atoms with Crippen LogP contribution in [0.4, 0.5) is 17.5 Å². The van der Waals surface area contributed by atoms with E-state index in [9.17, 15) is 14.4 Å². The first-order valence-corrected chi connectivity index (χ1v) is 9.48. The van der Waals surface area contributed by atoms with E-state index in [0.717, 1.165) is 5.56 Å². The van der Waals surface area contributed by atoms with E-state index >= 15 is 0 Å². The van der Waals surface area contributed by atoms with Crippen molar-refractivity contribution in [3.63, 3.8) is 0 Å². The second kappa shape index (κ2) is 9.31. The molecule has 0 bridgehead atoms. The predicted octanol–water partition coefficient (Wildman–Crippen LogP) is 1.11. The summed E-state index contributed by atoms with van der Waals surface area (Å²) >= 11 is 6.07. The van der Waals surface area contributed by atoms with Crippen molar-refractivity contribution in [2.45, 2.75) is 19.0 Å². The van der Waals surface area contributed by atoms with Crippen LogP contribution in [0.1, 0.15) is 22.3 Å². The molecule has 8 N–H and O–H groups in total. The predicted molar refractivity (Wildman–Crippen MR) is 116 cm³/mol. The first kappa shape index (κ1) is 22.5. The fraction of sp³-hybridized carbons (Fsp3) is 0.158. The Morgan fingerprint density at radius 1 is 1.12 bits per heavy atom. The van der Waals surface area contributed by atoms with Crippen LogP contribution in [0.5, 0.6) is 0 Å². The summed E-state index contributed by atoms with van der Waals surface area (Å²) in [7, 11) is 0. The summed E-state index contributed by atoms with van der Waals surface area (Å²) in [5.74, 6) is -3.44. The van der Waals surface area contributed by atoms with Crippen molar-refractivity contribution in [3.8, 4) is 0 Å². The lowest BCUT2D eigenvalue weighted by molar-refractivity contribution is -0.145. The second-order valence-electron chi connectivity index (χ2n) is 6.69. The van der Waals surface area contributed by atoms with Crippen molar-refractivity contribution in [2.24, 2.45) is 0 Å². The molecule has 0 aliphatic heterocycles. The number of carboxylic acid groups (broad SMARTS) is 2. The van der Waals surface area contributed by atoms with E-state index in [1.54, 1.807) is 18.3 Å². The third kappa shape index (κ3) is 5.29. The number of pyridine rings is 1. The molecule has 3 aromatic rings. The van der Waals surface area contributed by atoms with E-state index in [1.807, 2.05) is 0 Å². The summed E-state index contributed by atoms with van der Waals surface area (Å²) in [5.41, 5.74) is 13.0. The van der Waals surface area contributed by atoms with Crippen LogP contribution in [0, 0.1) is 0 Å². The SMILES string of the molecule is Nc1nc(N)c2cc(CNc3ccc(Cl)c(C(=O)NC(CC(=O)O)C(=O)O)c3)cnc2n1. The molecule has 3 rings (SSSR count). The lowest BCUT2D eigenvalue weighted by Crippen LogP contribution is -2.42. The molecule has 32 heavy (non-hydrogen) atoms. The first-order valence-electron chi connectivity index (χ1n) is 9.10. The molecule has 13 heteroatoms. The van der Waals surface area contributed by atoms with E-state index in [2.05, 4.69) is 25.6 Å². The zero-order chi connectivity index (χ0) is 23.4. The standard InChI is InChI=1S/C19H18ClN7O5/c20-12-2-1-9(4-10(12)17(30)25-13(18(31)32)5-14(28)29)23-6-8-3-11-15(21)26-19(22)27-16(11)24-7-8/h1-4,7,13,23H,5-6H2,(H,25,30)(H,28,29)(H,31,32)(H4,21,22,24,26,27). The number of hydrogen-bond acceptors (Lipinski definition) is 9. The van der Waals surface area contributed by atoms with Gasteiger partial charge in [-0.1, -0.05) is 11.6 Å². The van der Waals surface area contributed by atoms with Crippen molar-refractivity contribution < 1.29 is 24.6 Å². The zero-order valence-corrected chi connectivity index (χ0v) is 17.1. The van der Waals surface area contributed by atoms with Gasteiger partial charge in [-0.25, -0.2) is 9.78 Å². The molecule has 0 radical (unpaired) electrons. The van der Waals surface area contributed by atoms with E-state index in [0.29, 0.717) is 23.3 Å². The molecule has 166 valence electrons. The minimum Gasteiger partial charge on any atom is -0.481 e. The molecule has 0 aliphatic carbocycles. The molecule has 12 nitrogen and oxygen atoms in total. The minimum atomic E-state index is -1.60. The molecule has 1 amide bonds. The number of halogens is 1. The molecule has 2 heterocycles. The number of fused-ring (bicyclic) bond motifs is 1. The summed E-state index contributed by atoms with van der Waals surface area (Å²) < 4.78 is 0. The fourth-order valence-corrected chi connectivity index (χ4v) is 3.02. The van der Waals surface area contributed by atoms with Gasteiger partial charge in [-0.2, -0.15) is 9.97 Å². The number of nitrogen functional groups attached to an aromatic ring is 2. The van der Waals surface area contributed by atoms with E-state index in [4.69, 9.17) is 33.3 Å². The highest BCUT2D eigenvalue weighted by molar-refractivity contribution is 6.34. The maximum absolute atomic E-state index is 12.5. The Balaban J connectivity index is 1.75. The second-order valence-corrected chi connectivity index (χ2v) is 7.10. The summed E-state index contributed by atoms with van der Waals surface area (Å²) in [6.45, 7) is 0.298. The van der Waals surface area contributed by atoms with Crippen molar-refractivity contribution >= 4 is 57.9 Å². The summed E-state index contributed by atoms with van der Waals surface area (Å²) in [5, 5.41) is 23.8. The van der Waals surface area contributed by atoms with Gasteiger partial charge in [0.1, 0.15) is 11.9 Å². The molecule has 1 aromatic carbocycles. The Morgan fingerprint density at radius 2 is 1.88 bits per heavy atom. The quantitative estimate of drug-likeness (QED) is 0.281. The number of hydrogen-bond donors (Lipinski definition) is 6. The third-order valence-corrected chi connectivity index (χ3v) is 4.67. The Kier molecular flexibility index (Phi) is 6.54. The highest BCUT2D eigenvalue weighted by atomic mass is 35.5. The number of nitrogens with zero attached hydrogens (tertiary/aromatic N) is 3. The first-order chi connectivity index (χ1) is 15.1. The van der Waals surface area contributed by atoms with Crippen LogP contribution in [0.3, 0.4) is 0 Å². The number of anilines is 3. The van der Waals surface area contributed by atoms with Gasteiger partial charge < -0.3 is 32.3 Å². The van der Waals surface area contributed by atoms with Crippen molar-refractivity contribution in [2.75, 3.05) is 16.8 Å². The van der Waals surface area contributed by atoms with Crippen molar-refractivity contribution in [1.82, 2.24) is 20.3 Å². The number of aromatic nitrogens is 3. The van der Waals surface area contributed by atoms with Gasteiger partial charge in [-0.3, -0.25) is 9.59 Å². The van der Waals surface area contributed by atoms with Crippen molar-refractivity contribution in [1.29, 1.82) is 0 Å². The van der Waals surface area contributed by atoms with Gasteiger partial charge >= 0.3 is 11.9 Å². The monoisotopic (exact) mass is 459 g/mol. The van der Waals surface area contributed by atoms with Gasteiger partial charge in [-0.05, 0) is 29.8 Å². The van der Waals surface area contributed by atoms with E-state index < -0.39 is 30.3 Å². The number of nitrogens with one attached hydrogen (secondary N) is 2. The highest BCUT2D eigenvalue weighted by Crippen LogP contribution is 2.22. The number of amides is 1. The molecule has 0 saturated heterocycles. The fourth-order valence-electron chi connectivity index (χ4n) is 2.82. The zero-order valence-electron chi connectivity index (χ0n) is 16.4. The van der Waals surface area contributed by atoms with Crippen LogP contribution in [0.2, 0.25) is 5.02 Å². The smallest absolute Gasteiger partial charge is 0.326 e. The maximum Gasteiger partial charge on any atom is 0.326 e. The highest BCUT2D eigenvalue weighted by Gasteiger charge is 2.24. The Bertz CT molecular complexity index is 1220. The summed E-state index contributed by atoms with van der Waals surface area (Å²) in [4.78, 5) is 46.6. The number of carbonyl (C=O) groups excluding carboxylic acids is 1. The topological polar surface area (TPSA) is 206 Å². The minimum absolute atomic E-state index is 0.0157. The molecule has 2 aromatic heterocycles. The van der Waals surface area contributed by atoms with Gasteiger partial charge in [0.2, 0.25) is 5.95 Å². The average Bonchev–Trinajstić information content (AvgIpc) is 2.72. The number of aliphatic carboxylic acids is 2. The molecule has 0 saturated carbocycles. The number of benzene rings is 1. The third-order valence-electron chi connectivity index (χ3n) is 4.34. The van der Waals surface area contributed by atoms with Crippen LogP contribution < -0.4 is 22.1 Å². The normalized spacial score (nSPS) is 11.7. The number of rotatable bonds is 8. The molecular weight excluding hydrogens is 442 g/mol. The summed E-state index contributed by atoms with van der Waals surface area (Å²) in [6.07, 6.45) is 0.804. The van der Waals surface area contributed by atoms with E-state index in [1.165, 1.54) is 12.1 Å².